The molecule has 2 saturated heterocycles. The summed E-state index contributed by atoms with van der Waals surface area (Å²) in [6.07, 6.45) is 6.82. The molecule has 1 atom stereocenters. The van der Waals surface area contributed by atoms with E-state index in [1.807, 2.05) is 6.07 Å². The van der Waals surface area contributed by atoms with Crippen LogP contribution in [0.3, 0.4) is 0 Å². The molecule has 0 aliphatic carbocycles. The second-order valence-corrected chi connectivity index (χ2v) is 6.87. The second kappa shape index (κ2) is 6.55. The molecular formula is C18H22FN5O. The Morgan fingerprint density at radius 3 is 2.76 bits per heavy atom. The minimum absolute atomic E-state index is 0.108. The van der Waals surface area contributed by atoms with Gasteiger partial charge in [-0.25, -0.2) is 9.37 Å². The molecule has 2 aliphatic heterocycles. The lowest BCUT2D eigenvalue weighted by molar-refractivity contribution is -0.123. The maximum absolute atomic E-state index is 13.4. The number of anilines is 1. The lowest BCUT2D eigenvalue weighted by Crippen LogP contribution is -2.50. The number of carbonyl (C=O) groups excluding carboxylic acids is 1. The third-order valence-electron chi connectivity index (χ3n) is 5.42. The van der Waals surface area contributed by atoms with Gasteiger partial charge < -0.3 is 10.6 Å². The number of rotatable bonds is 3. The van der Waals surface area contributed by atoms with Gasteiger partial charge in [0.2, 0.25) is 5.91 Å². The van der Waals surface area contributed by atoms with E-state index in [1.54, 1.807) is 6.20 Å². The third kappa shape index (κ3) is 3.04. The Labute approximate surface area is 145 Å². The van der Waals surface area contributed by atoms with E-state index in [0.717, 1.165) is 56.5 Å². The third-order valence-corrected chi connectivity index (χ3v) is 5.42. The van der Waals surface area contributed by atoms with Gasteiger partial charge >= 0.3 is 0 Å². The van der Waals surface area contributed by atoms with Gasteiger partial charge in [0.25, 0.3) is 0 Å². The highest BCUT2D eigenvalue weighted by Crippen LogP contribution is 2.30. The van der Waals surface area contributed by atoms with Crippen LogP contribution in [-0.2, 0) is 4.79 Å². The minimum atomic E-state index is -0.373. The van der Waals surface area contributed by atoms with E-state index in [1.165, 1.54) is 12.3 Å². The summed E-state index contributed by atoms with van der Waals surface area (Å²) in [7, 11) is 0. The van der Waals surface area contributed by atoms with Crippen LogP contribution in [0.25, 0.3) is 11.0 Å². The maximum atomic E-state index is 13.4. The first-order valence-electron chi connectivity index (χ1n) is 8.84. The van der Waals surface area contributed by atoms with E-state index >= 15 is 0 Å². The molecule has 2 N–H and O–H groups in total. The molecule has 4 heterocycles. The van der Waals surface area contributed by atoms with Crippen LogP contribution in [0, 0.1) is 5.82 Å². The van der Waals surface area contributed by atoms with Crippen LogP contribution >= 0.6 is 0 Å². The molecule has 6 nitrogen and oxygen atoms in total. The summed E-state index contributed by atoms with van der Waals surface area (Å²) in [5, 5.41) is 0. The number of nitrogens with zero attached hydrogens (tertiary/aromatic N) is 4. The van der Waals surface area contributed by atoms with Crippen molar-refractivity contribution in [3.63, 3.8) is 0 Å². The van der Waals surface area contributed by atoms with Gasteiger partial charge in [0.1, 0.15) is 11.3 Å². The maximum Gasteiger partial charge on any atom is 0.234 e. The Morgan fingerprint density at radius 1 is 1.20 bits per heavy atom. The van der Waals surface area contributed by atoms with Crippen LogP contribution in [-0.4, -0.2) is 52.5 Å². The first-order chi connectivity index (χ1) is 12.1. The topological polar surface area (TPSA) is 75.4 Å². The number of pyridine rings is 2. The molecule has 132 valence electrons. The lowest BCUT2D eigenvalue weighted by atomic mass is 10.0. The molecule has 1 unspecified atom stereocenters. The Bertz CT molecular complexity index is 790. The van der Waals surface area contributed by atoms with Crippen molar-refractivity contribution in [3.05, 3.63) is 30.3 Å². The molecule has 2 aromatic rings. The number of fused-ring (bicyclic) bond motifs is 1. The zero-order valence-electron chi connectivity index (χ0n) is 14.1. The fourth-order valence-electron chi connectivity index (χ4n) is 4.22. The molecule has 0 radical (unpaired) electrons. The average molecular weight is 343 g/mol. The van der Waals surface area contributed by atoms with E-state index < -0.39 is 0 Å². The summed E-state index contributed by atoms with van der Waals surface area (Å²) in [6.45, 7) is 2.72. The molecule has 0 saturated carbocycles. The molecule has 0 bridgehead atoms. The number of carbonyl (C=O) groups is 1. The van der Waals surface area contributed by atoms with Gasteiger partial charge in [-0.2, -0.15) is 0 Å². The molecule has 2 aromatic heterocycles. The monoisotopic (exact) mass is 343 g/mol. The molecule has 1 amide bonds. The minimum Gasteiger partial charge on any atom is -0.370 e. The summed E-state index contributed by atoms with van der Waals surface area (Å²) < 4.78 is 13.4. The van der Waals surface area contributed by atoms with Crippen molar-refractivity contribution in [1.82, 2.24) is 14.9 Å². The van der Waals surface area contributed by atoms with Gasteiger partial charge in [-0.3, -0.25) is 14.7 Å². The van der Waals surface area contributed by atoms with Crippen LogP contribution in [0.15, 0.2) is 24.5 Å². The van der Waals surface area contributed by atoms with Crippen molar-refractivity contribution >= 4 is 22.6 Å². The van der Waals surface area contributed by atoms with E-state index in [4.69, 9.17) is 5.73 Å². The lowest BCUT2D eigenvalue weighted by Gasteiger charge is -2.39. The number of piperidine rings is 1. The van der Waals surface area contributed by atoms with Crippen LogP contribution in [0.5, 0.6) is 0 Å². The van der Waals surface area contributed by atoms with Crippen molar-refractivity contribution in [2.75, 3.05) is 24.5 Å². The molecule has 7 heteroatoms. The molecule has 2 fully saturated rings. The molecular weight excluding hydrogens is 321 g/mol. The zero-order chi connectivity index (χ0) is 17.4. The van der Waals surface area contributed by atoms with E-state index in [2.05, 4.69) is 19.8 Å². The largest absolute Gasteiger partial charge is 0.370 e. The fourth-order valence-corrected chi connectivity index (χ4v) is 4.22. The first-order valence-corrected chi connectivity index (χ1v) is 8.84. The van der Waals surface area contributed by atoms with Gasteiger partial charge in [-0.05, 0) is 38.3 Å². The number of amides is 1. The smallest absolute Gasteiger partial charge is 0.234 e. The Hall–Kier alpha value is -2.28. The summed E-state index contributed by atoms with van der Waals surface area (Å²) in [5.41, 5.74) is 7.86. The summed E-state index contributed by atoms with van der Waals surface area (Å²) in [6, 6.07) is 3.65. The molecule has 2 aliphatic rings. The Morgan fingerprint density at radius 2 is 2.00 bits per heavy atom. The number of nitrogens with two attached hydrogens (primary N) is 1. The van der Waals surface area contributed by atoms with E-state index in [-0.39, 0.29) is 17.8 Å². The van der Waals surface area contributed by atoms with Crippen molar-refractivity contribution < 1.29 is 9.18 Å². The SMILES string of the molecule is NC(=O)C1CCCN1C1CCN(c2ccnc3cc(F)cnc23)CC1. The van der Waals surface area contributed by atoms with Gasteiger partial charge in [0.05, 0.1) is 23.4 Å². The van der Waals surface area contributed by atoms with Crippen LogP contribution in [0.2, 0.25) is 0 Å². The second-order valence-electron chi connectivity index (χ2n) is 6.87. The summed E-state index contributed by atoms with van der Waals surface area (Å²) in [4.78, 5) is 24.7. The number of likely N-dealkylation sites (tertiary alicyclic amines) is 1. The van der Waals surface area contributed by atoms with Crippen molar-refractivity contribution in [2.45, 2.75) is 37.8 Å². The van der Waals surface area contributed by atoms with Gasteiger partial charge in [-0.1, -0.05) is 0 Å². The van der Waals surface area contributed by atoms with Crippen molar-refractivity contribution in [1.29, 1.82) is 0 Å². The molecule has 0 aromatic carbocycles. The summed E-state index contributed by atoms with van der Waals surface area (Å²) in [5.74, 6) is -0.575. The van der Waals surface area contributed by atoms with Crippen LogP contribution in [0.1, 0.15) is 25.7 Å². The number of hydrogen-bond acceptors (Lipinski definition) is 5. The predicted octanol–water partition coefficient (Wildman–Crippen LogP) is 1.69. The van der Waals surface area contributed by atoms with Gasteiger partial charge in [0.15, 0.2) is 0 Å². The number of aromatic nitrogens is 2. The number of primary amides is 1. The normalized spacial score (nSPS) is 22.6. The number of hydrogen-bond donors (Lipinski definition) is 1. The van der Waals surface area contributed by atoms with E-state index in [9.17, 15) is 9.18 Å². The Balaban J connectivity index is 1.50. The zero-order valence-corrected chi connectivity index (χ0v) is 14.1. The summed E-state index contributed by atoms with van der Waals surface area (Å²) >= 11 is 0. The average Bonchev–Trinajstić information content (AvgIpc) is 3.11. The fraction of sp³-hybridized carbons (Fsp3) is 0.500. The predicted molar refractivity (Wildman–Crippen MR) is 93.7 cm³/mol. The quantitative estimate of drug-likeness (QED) is 0.918. The van der Waals surface area contributed by atoms with Crippen LogP contribution < -0.4 is 10.6 Å². The first kappa shape index (κ1) is 16.2. The van der Waals surface area contributed by atoms with Crippen LogP contribution in [0.4, 0.5) is 10.1 Å². The molecule has 4 rings (SSSR count). The number of halogens is 1. The highest BCUT2D eigenvalue weighted by Gasteiger charge is 2.35. The van der Waals surface area contributed by atoms with Crippen molar-refractivity contribution in [3.8, 4) is 0 Å². The Kier molecular flexibility index (Phi) is 4.25. The molecule has 0 spiro atoms. The highest BCUT2D eigenvalue weighted by atomic mass is 19.1. The van der Waals surface area contributed by atoms with E-state index in [0.29, 0.717) is 11.6 Å². The highest BCUT2D eigenvalue weighted by molar-refractivity contribution is 5.87. The van der Waals surface area contributed by atoms with Gasteiger partial charge in [0, 0.05) is 31.4 Å². The van der Waals surface area contributed by atoms with Gasteiger partial charge in [-0.15, -0.1) is 0 Å². The van der Waals surface area contributed by atoms with Crippen molar-refractivity contribution in [2.24, 2.45) is 5.73 Å². The molecule has 25 heavy (non-hydrogen) atoms. The standard InChI is InChI=1S/C18H22FN5O/c19-12-10-14-17(22-11-12)15(3-6-21-14)23-8-4-13(5-9-23)24-7-1-2-16(24)18(20)25/h3,6,10-11,13,16H,1-2,4-5,7-9H2,(H2,20,25).